The fourth-order valence-electron chi connectivity index (χ4n) is 0.781. The molecule has 0 amide bonds. The summed E-state index contributed by atoms with van der Waals surface area (Å²) < 4.78 is 0. The van der Waals surface area contributed by atoms with Gasteiger partial charge in [0.1, 0.15) is 5.75 Å². The Morgan fingerprint density at radius 2 is 1.70 bits per heavy atom. The Morgan fingerprint density at radius 3 is 2.20 bits per heavy atom. The fourth-order valence-corrected chi connectivity index (χ4v) is 1.03. The van der Waals surface area contributed by atoms with Crippen LogP contribution in [0.3, 0.4) is 0 Å². The van der Waals surface area contributed by atoms with Crippen molar-refractivity contribution in [2.45, 2.75) is 18.7 Å². The molecule has 0 saturated carbocycles. The second kappa shape index (κ2) is 2.54. The van der Waals surface area contributed by atoms with E-state index in [0.29, 0.717) is 10.6 Å². The van der Waals surface area contributed by atoms with Gasteiger partial charge in [-0.3, -0.25) is 0 Å². The van der Waals surface area contributed by atoms with Gasteiger partial charge < -0.3 is 5.11 Å². The van der Waals surface area contributed by atoms with Crippen LogP contribution in [0.15, 0.2) is 17.0 Å². The van der Waals surface area contributed by atoms with Gasteiger partial charge in [0.05, 0.1) is 0 Å². The van der Waals surface area contributed by atoms with Gasteiger partial charge in [-0.2, -0.15) is 0 Å². The van der Waals surface area contributed by atoms with E-state index in [4.69, 9.17) is 0 Å². The average molecular weight is 154 g/mol. The largest absolute Gasteiger partial charge is 0.507 e. The van der Waals surface area contributed by atoms with Crippen LogP contribution in [0, 0.1) is 13.8 Å². The standard InChI is InChI=1S/C8H10OS/c1-5-3-4-6(2)8(10)7(5)9/h3-4,9-10H,1-2H3. The molecule has 0 atom stereocenters. The molecule has 0 aliphatic rings. The van der Waals surface area contributed by atoms with Gasteiger partial charge in [-0.05, 0) is 25.0 Å². The second-order valence-electron chi connectivity index (χ2n) is 2.40. The SMILES string of the molecule is Cc1ccc(C)c(S)c1O. The molecule has 0 spiro atoms. The molecule has 10 heavy (non-hydrogen) atoms. The molecule has 0 unspecified atom stereocenters. The van der Waals surface area contributed by atoms with Crippen molar-refractivity contribution in [2.75, 3.05) is 0 Å². The van der Waals surface area contributed by atoms with E-state index in [1.54, 1.807) is 0 Å². The molecule has 1 rings (SSSR count). The zero-order chi connectivity index (χ0) is 7.72. The lowest BCUT2D eigenvalue weighted by Crippen LogP contribution is -1.80. The molecule has 2 heteroatoms. The van der Waals surface area contributed by atoms with Crippen LogP contribution in [0.5, 0.6) is 5.75 Å². The maximum absolute atomic E-state index is 9.31. The third-order valence-corrected chi connectivity index (χ3v) is 2.12. The van der Waals surface area contributed by atoms with E-state index >= 15 is 0 Å². The zero-order valence-corrected chi connectivity index (χ0v) is 6.94. The highest BCUT2D eigenvalue weighted by Gasteiger charge is 2.01. The maximum Gasteiger partial charge on any atom is 0.132 e. The molecule has 0 aromatic heterocycles. The lowest BCUT2D eigenvalue weighted by atomic mass is 10.1. The molecule has 0 aliphatic heterocycles. The Labute approximate surface area is 66.1 Å². The van der Waals surface area contributed by atoms with E-state index in [0.717, 1.165) is 11.1 Å². The molecule has 54 valence electrons. The van der Waals surface area contributed by atoms with Crippen molar-refractivity contribution >= 4 is 12.6 Å². The van der Waals surface area contributed by atoms with Crippen LogP contribution in [-0.4, -0.2) is 5.11 Å². The number of aromatic hydroxyl groups is 1. The van der Waals surface area contributed by atoms with E-state index in [-0.39, 0.29) is 0 Å². The van der Waals surface area contributed by atoms with Gasteiger partial charge in [0.2, 0.25) is 0 Å². The Hall–Kier alpha value is -0.630. The molecule has 0 fully saturated rings. The highest BCUT2D eigenvalue weighted by Crippen LogP contribution is 2.27. The Balaban J connectivity index is 3.34. The third-order valence-electron chi connectivity index (χ3n) is 1.55. The highest BCUT2D eigenvalue weighted by molar-refractivity contribution is 7.80. The van der Waals surface area contributed by atoms with Crippen LogP contribution in [0.25, 0.3) is 0 Å². The van der Waals surface area contributed by atoms with Gasteiger partial charge in [-0.15, -0.1) is 12.6 Å². The molecule has 1 N–H and O–H groups in total. The van der Waals surface area contributed by atoms with Crippen molar-refractivity contribution in [1.82, 2.24) is 0 Å². The number of thiol groups is 1. The van der Waals surface area contributed by atoms with Crippen LogP contribution in [0.1, 0.15) is 11.1 Å². The predicted molar refractivity (Wildman–Crippen MR) is 44.8 cm³/mol. The fraction of sp³-hybridized carbons (Fsp3) is 0.250. The molecule has 1 aromatic carbocycles. The van der Waals surface area contributed by atoms with Gasteiger partial charge in [-0.1, -0.05) is 12.1 Å². The van der Waals surface area contributed by atoms with Crippen LogP contribution >= 0.6 is 12.6 Å². The first kappa shape index (κ1) is 7.48. The zero-order valence-electron chi connectivity index (χ0n) is 6.05. The summed E-state index contributed by atoms with van der Waals surface area (Å²) in [6.45, 7) is 3.77. The summed E-state index contributed by atoms with van der Waals surface area (Å²) in [7, 11) is 0. The summed E-state index contributed by atoms with van der Waals surface area (Å²) in [6, 6.07) is 3.82. The first-order valence-electron chi connectivity index (χ1n) is 3.11. The average Bonchev–Trinajstić information content (AvgIpc) is 1.93. The Morgan fingerprint density at radius 1 is 1.20 bits per heavy atom. The third kappa shape index (κ3) is 1.12. The quantitative estimate of drug-likeness (QED) is 0.549. The van der Waals surface area contributed by atoms with E-state index < -0.39 is 0 Å². The van der Waals surface area contributed by atoms with Crippen molar-refractivity contribution in [3.05, 3.63) is 23.3 Å². The van der Waals surface area contributed by atoms with Crippen molar-refractivity contribution in [3.8, 4) is 5.75 Å². The molecule has 0 saturated heterocycles. The molecule has 0 bridgehead atoms. The number of benzene rings is 1. The number of phenols is 1. The minimum absolute atomic E-state index is 0.295. The summed E-state index contributed by atoms with van der Waals surface area (Å²) in [5.74, 6) is 0.295. The van der Waals surface area contributed by atoms with Gasteiger partial charge >= 0.3 is 0 Å². The van der Waals surface area contributed by atoms with Crippen molar-refractivity contribution in [3.63, 3.8) is 0 Å². The van der Waals surface area contributed by atoms with Crippen molar-refractivity contribution in [2.24, 2.45) is 0 Å². The molecule has 1 aromatic rings. The number of hydrogen-bond acceptors (Lipinski definition) is 2. The first-order valence-corrected chi connectivity index (χ1v) is 3.56. The van der Waals surface area contributed by atoms with Crippen molar-refractivity contribution < 1.29 is 5.11 Å². The van der Waals surface area contributed by atoms with E-state index in [9.17, 15) is 5.11 Å². The number of hydrogen-bond donors (Lipinski definition) is 2. The highest BCUT2D eigenvalue weighted by atomic mass is 32.1. The van der Waals surface area contributed by atoms with E-state index in [1.807, 2.05) is 26.0 Å². The number of rotatable bonds is 0. The lowest BCUT2D eigenvalue weighted by molar-refractivity contribution is 0.457. The summed E-state index contributed by atoms with van der Waals surface area (Å²) in [6.07, 6.45) is 0. The van der Waals surface area contributed by atoms with Gasteiger partial charge in [-0.25, -0.2) is 0 Å². The summed E-state index contributed by atoms with van der Waals surface area (Å²) >= 11 is 4.13. The topological polar surface area (TPSA) is 20.2 Å². The molecule has 0 aliphatic carbocycles. The molecular weight excluding hydrogens is 144 g/mol. The number of phenolic OH excluding ortho intramolecular Hbond substituents is 1. The van der Waals surface area contributed by atoms with E-state index in [1.165, 1.54) is 0 Å². The molecule has 0 radical (unpaired) electrons. The van der Waals surface area contributed by atoms with Crippen molar-refractivity contribution in [1.29, 1.82) is 0 Å². The molecule has 0 heterocycles. The summed E-state index contributed by atoms with van der Waals surface area (Å²) in [5.41, 5.74) is 1.88. The van der Waals surface area contributed by atoms with Gasteiger partial charge in [0.15, 0.2) is 0 Å². The monoisotopic (exact) mass is 154 g/mol. The predicted octanol–water partition coefficient (Wildman–Crippen LogP) is 2.30. The second-order valence-corrected chi connectivity index (χ2v) is 2.84. The molecular formula is C8H10OS. The first-order chi connectivity index (χ1) is 4.63. The minimum Gasteiger partial charge on any atom is -0.507 e. The Kier molecular flexibility index (Phi) is 1.90. The van der Waals surface area contributed by atoms with Gasteiger partial charge in [0, 0.05) is 4.90 Å². The minimum atomic E-state index is 0.295. The smallest absolute Gasteiger partial charge is 0.132 e. The van der Waals surface area contributed by atoms with E-state index in [2.05, 4.69) is 12.6 Å². The number of aryl methyl sites for hydroxylation is 2. The van der Waals surface area contributed by atoms with Crippen LogP contribution < -0.4 is 0 Å². The summed E-state index contributed by atoms with van der Waals surface area (Å²) in [4.78, 5) is 0.681. The molecule has 1 nitrogen and oxygen atoms in total. The summed E-state index contributed by atoms with van der Waals surface area (Å²) in [5, 5.41) is 9.31. The maximum atomic E-state index is 9.31. The van der Waals surface area contributed by atoms with Crippen LogP contribution in [-0.2, 0) is 0 Å². The lowest BCUT2D eigenvalue weighted by Gasteiger charge is -2.03. The van der Waals surface area contributed by atoms with Crippen LogP contribution in [0.2, 0.25) is 0 Å². The normalized spacial score (nSPS) is 9.90. The Bertz CT molecular complexity index is 229. The van der Waals surface area contributed by atoms with Crippen LogP contribution in [0.4, 0.5) is 0 Å². The van der Waals surface area contributed by atoms with Gasteiger partial charge in [0.25, 0.3) is 0 Å².